The Labute approximate surface area is 105 Å². The van der Waals surface area contributed by atoms with Crippen molar-refractivity contribution in [3.8, 4) is 0 Å². The molecule has 1 aliphatic rings. The summed E-state index contributed by atoms with van der Waals surface area (Å²) in [5, 5.41) is 3.00. The van der Waals surface area contributed by atoms with Crippen LogP contribution in [-0.2, 0) is 4.79 Å². The number of hydrogen-bond donors (Lipinski definition) is 2. The summed E-state index contributed by atoms with van der Waals surface area (Å²) in [6.07, 6.45) is 2.10. The van der Waals surface area contributed by atoms with Crippen LogP contribution in [0.1, 0.15) is 40.5 Å². The molecular formula is C13H27N3O. The molecule has 0 aliphatic carbocycles. The minimum Gasteiger partial charge on any atom is -0.350 e. The van der Waals surface area contributed by atoms with E-state index in [1.807, 2.05) is 20.8 Å². The molecule has 4 nitrogen and oxygen atoms in total. The maximum atomic E-state index is 11.8. The summed E-state index contributed by atoms with van der Waals surface area (Å²) < 4.78 is 0. The SMILES string of the molecule is CCC1CN(CC(=O)NC(C)(C)C)CCC1N. The minimum absolute atomic E-state index is 0.114. The lowest BCUT2D eigenvalue weighted by Crippen LogP contribution is -2.51. The Morgan fingerprint density at radius 3 is 2.65 bits per heavy atom. The highest BCUT2D eigenvalue weighted by Crippen LogP contribution is 2.18. The van der Waals surface area contributed by atoms with Gasteiger partial charge in [-0.1, -0.05) is 13.3 Å². The quantitative estimate of drug-likeness (QED) is 0.774. The van der Waals surface area contributed by atoms with Crippen molar-refractivity contribution in [2.45, 2.75) is 52.1 Å². The Kier molecular flexibility index (Phi) is 4.95. The number of piperidine rings is 1. The first-order chi connectivity index (χ1) is 7.81. The fraction of sp³-hybridized carbons (Fsp3) is 0.923. The molecule has 17 heavy (non-hydrogen) atoms. The molecule has 1 rings (SSSR count). The topological polar surface area (TPSA) is 58.4 Å². The van der Waals surface area contributed by atoms with E-state index >= 15 is 0 Å². The van der Waals surface area contributed by atoms with Crippen LogP contribution in [0.4, 0.5) is 0 Å². The van der Waals surface area contributed by atoms with E-state index in [2.05, 4.69) is 17.1 Å². The van der Waals surface area contributed by atoms with Gasteiger partial charge in [-0.3, -0.25) is 9.69 Å². The molecular weight excluding hydrogens is 214 g/mol. The Morgan fingerprint density at radius 1 is 1.47 bits per heavy atom. The molecule has 1 aliphatic heterocycles. The van der Waals surface area contributed by atoms with Gasteiger partial charge in [0.1, 0.15) is 0 Å². The van der Waals surface area contributed by atoms with Crippen LogP contribution in [0.5, 0.6) is 0 Å². The fourth-order valence-corrected chi connectivity index (χ4v) is 2.36. The summed E-state index contributed by atoms with van der Waals surface area (Å²) >= 11 is 0. The van der Waals surface area contributed by atoms with Crippen LogP contribution in [0, 0.1) is 5.92 Å². The van der Waals surface area contributed by atoms with Crippen LogP contribution in [0.15, 0.2) is 0 Å². The average molecular weight is 241 g/mol. The molecule has 1 fully saturated rings. The number of carbonyl (C=O) groups is 1. The number of amides is 1. The second-order valence-electron chi connectivity index (χ2n) is 6.15. The summed E-state index contributed by atoms with van der Waals surface area (Å²) in [6.45, 7) is 10.6. The zero-order valence-corrected chi connectivity index (χ0v) is 11.6. The van der Waals surface area contributed by atoms with E-state index in [9.17, 15) is 4.79 Å². The third-order valence-electron chi connectivity index (χ3n) is 3.28. The first-order valence-corrected chi connectivity index (χ1v) is 6.60. The van der Waals surface area contributed by atoms with Gasteiger partial charge in [-0.25, -0.2) is 0 Å². The molecule has 100 valence electrons. The number of nitrogens with two attached hydrogens (primary N) is 1. The van der Waals surface area contributed by atoms with Crippen molar-refractivity contribution in [1.29, 1.82) is 0 Å². The van der Waals surface area contributed by atoms with E-state index in [1.54, 1.807) is 0 Å². The monoisotopic (exact) mass is 241 g/mol. The number of carbonyl (C=O) groups excluding carboxylic acids is 1. The highest BCUT2D eigenvalue weighted by Gasteiger charge is 2.26. The van der Waals surface area contributed by atoms with Crippen molar-refractivity contribution in [3.63, 3.8) is 0 Å². The van der Waals surface area contributed by atoms with Crippen molar-refractivity contribution in [3.05, 3.63) is 0 Å². The molecule has 1 amide bonds. The van der Waals surface area contributed by atoms with Crippen molar-refractivity contribution in [2.75, 3.05) is 19.6 Å². The highest BCUT2D eigenvalue weighted by molar-refractivity contribution is 5.78. The zero-order chi connectivity index (χ0) is 13.1. The lowest BCUT2D eigenvalue weighted by atomic mass is 9.91. The first-order valence-electron chi connectivity index (χ1n) is 6.60. The maximum Gasteiger partial charge on any atom is 0.234 e. The van der Waals surface area contributed by atoms with E-state index in [4.69, 9.17) is 5.73 Å². The molecule has 2 unspecified atom stereocenters. The summed E-state index contributed by atoms with van der Waals surface area (Å²) in [6, 6.07) is 0.307. The molecule has 1 saturated heterocycles. The van der Waals surface area contributed by atoms with Crippen molar-refractivity contribution < 1.29 is 4.79 Å². The summed E-state index contributed by atoms with van der Waals surface area (Å²) in [5.74, 6) is 0.647. The van der Waals surface area contributed by atoms with Gasteiger partial charge < -0.3 is 11.1 Å². The molecule has 0 aromatic carbocycles. The number of nitrogens with zero attached hydrogens (tertiary/aromatic N) is 1. The van der Waals surface area contributed by atoms with Gasteiger partial charge >= 0.3 is 0 Å². The number of rotatable bonds is 3. The first kappa shape index (κ1) is 14.5. The molecule has 0 aromatic heterocycles. The Morgan fingerprint density at radius 2 is 2.12 bits per heavy atom. The summed E-state index contributed by atoms with van der Waals surface area (Å²) in [4.78, 5) is 14.0. The third kappa shape index (κ3) is 5.04. The Balaban J connectivity index is 2.40. The van der Waals surface area contributed by atoms with Crippen molar-refractivity contribution in [1.82, 2.24) is 10.2 Å². The van der Waals surface area contributed by atoms with Crippen molar-refractivity contribution in [2.24, 2.45) is 11.7 Å². The van der Waals surface area contributed by atoms with Gasteiger partial charge in [-0.05, 0) is 33.1 Å². The molecule has 4 heteroatoms. The Bertz CT molecular complexity index is 260. The molecule has 0 bridgehead atoms. The molecule has 0 saturated carbocycles. The van der Waals surface area contributed by atoms with Gasteiger partial charge in [0.15, 0.2) is 0 Å². The summed E-state index contributed by atoms with van der Waals surface area (Å²) in [7, 11) is 0. The van der Waals surface area contributed by atoms with E-state index in [1.165, 1.54) is 0 Å². The molecule has 0 spiro atoms. The maximum absolute atomic E-state index is 11.8. The molecule has 2 atom stereocenters. The van der Waals surface area contributed by atoms with Gasteiger partial charge in [0.2, 0.25) is 5.91 Å². The van der Waals surface area contributed by atoms with Crippen molar-refractivity contribution >= 4 is 5.91 Å². The largest absolute Gasteiger partial charge is 0.350 e. The van der Waals surface area contributed by atoms with E-state index in [0.29, 0.717) is 18.5 Å². The van der Waals surface area contributed by atoms with Crippen LogP contribution >= 0.6 is 0 Å². The van der Waals surface area contributed by atoms with Crippen LogP contribution in [0.3, 0.4) is 0 Å². The Hall–Kier alpha value is -0.610. The predicted octanol–water partition coefficient (Wildman–Crippen LogP) is 0.960. The lowest BCUT2D eigenvalue weighted by Gasteiger charge is -2.36. The second-order valence-corrected chi connectivity index (χ2v) is 6.15. The minimum atomic E-state index is -0.145. The lowest BCUT2D eigenvalue weighted by molar-refractivity contribution is -0.124. The zero-order valence-electron chi connectivity index (χ0n) is 11.6. The van der Waals surface area contributed by atoms with Gasteiger partial charge in [-0.2, -0.15) is 0 Å². The third-order valence-corrected chi connectivity index (χ3v) is 3.28. The van der Waals surface area contributed by atoms with E-state index < -0.39 is 0 Å². The van der Waals surface area contributed by atoms with Crippen LogP contribution in [0.2, 0.25) is 0 Å². The molecule has 0 radical (unpaired) electrons. The van der Waals surface area contributed by atoms with E-state index in [-0.39, 0.29) is 11.4 Å². The van der Waals surface area contributed by atoms with Gasteiger partial charge in [0.25, 0.3) is 0 Å². The molecule has 1 heterocycles. The second kappa shape index (κ2) is 5.83. The van der Waals surface area contributed by atoms with Crippen LogP contribution in [-0.4, -0.2) is 42.0 Å². The van der Waals surface area contributed by atoms with Gasteiger partial charge in [-0.15, -0.1) is 0 Å². The smallest absolute Gasteiger partial charge is 0.234 e. The number of nitrogens with one attached hydrogen (secondary N) is 1. The average Bonchev–Trinajstić information content (AvgIpc) is 2.18. The summed E-state index contributed by atoms with van der Waals surface area (Å²) in [5.41, 5.74) is 5.91. The van der Waals surface area contributed by atoms with Crippen LogP contribution < -0.4 is 11.1 Å². The van der Waals surface area contributed by atoms with Crippen LogP contribution in [0.25, 0.3) is 0 Å². The van der Waals surface area contributed by atoms with Gasteiger partial charge in [0, 0.05) is 24.7 Å². The molecule has 3 N–H and O–H groups in total. The van der Waals surface area contributed by atoms with E-state index in [0.717, 1.165) is 25.9 Å². The number of hydrogen-bond acceptors (Lipinski definition) is 3. The van der Waals surface area contributed by atoms with Gasteiger partial charge in [0.05, 0.1) is 6.54 Å². The molecule has 0 aromatic rings. The standard InChI is InChI=1S/C13H27N3O/c1-5-10-8-16(7-6-11(10)14)9-12(17)15-13(2,3)4/h10-11H,5-9,14H2,1-4H3,(H,15,17). The normalized spacial score (nSPS) is 26.9. The predicted molar refractivity (Wildman–Crippen MR) is 70.7 cm³/mol. The highest BCUT2D eigenvalue weighted by atomic mass is 16.2. The number of likely N-dealkylation sites (tertiary alicyclic amines) is 1. The fourth-order valence-electron chi connectivity index (χ4n) is 2.36.